The Morgan fingerprint density at radius 3 is 2.53 bits per heavy atom. The lowest BCUT2D eigenvalue weighted by Crippen LogP contribution is -2.48. The standard InChI is InChI=1S/C23H30N4O2S/c1-3-16-5-8-18(9-6-16)24-22(29)17-7-10-19-20(15-17)30-23(25-19)27-13-11-26(12-14-27)21(28)4-2/h5-6,8-9,17H,3-4,7,10-15H2,1-2H3,(H,24,29)/t17-/m0/s1. The molecule has 1 aliphatic carbocycles. The summed E-state index contributed by atoms with van der Waals surface area (Å²) in [4.78, 5) is 35.0. The first-order valence-electron chi connectivity index (χ1n) is 11.0. The summed E-state index contributed by atoms with van der Waals surface area (Å²) in [5.74, 6) is 0.327. The Hall–Kier alpha value is -2.41. The van der Waals surface area contributed by atoms with Crippen LogP contribution in [0, 0.1) is 5.92 Å². The smallest absolute Gasteiger partial charge is 0.227 e. The van der Waals surface area contributed by atoms with Crippen molar-refractivity contribution >= 4 is 34.0 Å². The maximum absolute atomic E-state index is 12.8. The summed E-state index contributed by atoms with van der Waals surface area (Å²) in [6, 6.07) is 8.10. The number of fused-ring (bicyclic) bond motifs is 1. The summed E-state index contributed by atoms with van der Waals surface area (Å²) >= 11 is 1.72. The van der Waals surface area contributed by atoms with Gasteiger partial charge in [-0.25, -0.2) is 4.98 Å². The summed E-state index contributed by atoms with van der Waals surface area (Å²) in [7, 11) is 0. The van der Waals surface area contributed by atoms with E-state index < -0.39 is 0 Å². The zero-order chi connectivity index (χ0) is 21.1. The number of rotatable bonds is 5. The second-order valence-corrected chi connectivity index (χ2v) is 9.13. The lowest BCUT2D eigenvalue weighted by Gasteiger charge is -2.34. The molecule has 2 aliphatic rings. The number of amides is 2. The van der Waals surface area contributed by atoms with Crippen LogP contribution in [0.25, 0.3) is 0 Å². The Balaban J connectivity index is 1.36. The van der Waals surface area contributed by atoms with E-state index >= 15 is 0 Å². The van der Waals surface area contributed by atoms with Gasteiger partial charge in [0, 0.05) is 49.1 Å². The number of aromatic nitrogens is 1. The van der Waals surface area contributed by atoms with Gasteiger partial charge in [0.25, 0.3) is 0 Å². The number of carbonyl (C=O) groups excluding carboxylic acids is 2. The molecule has 6 nitrogen and oxygen atoms in total. The average Bonchev–Trinajstić information content (AvgIpc) is 3.22. The van der Waals surface area contributed by atoms with Crippen molar-refractivity contribution in [2.45, 2.75) is 46.0 Å². The van der Waals surface area contributed by atoms with Gasteiger partial charge in [0.2, 0.25) is 11.8 Å². The number of piperazine rings is 1. The molecule has 1 atom stereocenters. The van der Waals surface area contributed by atoms with Gasteiger partial charge in [0.1, 0.15) is 0 Å². The van der Waals surface area contributed by atoms with Crippen LogP contribution in [0.15, 0.2) is 24.3 Å². The molecule has 4 rings (SSSR count). The number of nitrogens with zero attached hydrogens (tertiary/aromatic N) is 3. The number of nitrogens with one attached hydrogen (secondary N) is 1. The highest BCUT2D eigenvalue weighted by molar-refractivity contribution is 7.15. The van der Waals surface area contributed by atoms with Crippen molar-refractivity contribution in [2.24, 2.45) is 5.92 Å². The van der Waals surface area contributed by atoms with Gasteiger partial charge < -0.3 is 15.1 Å². The van der Waals surface area contributed by atoms with E-state index in [0.29, 0.717) is 6.42 Å². The summed E-state index contributed by atoms with van der Waals surface area (Å²) in [5, 5.41) is 4.12. The van der Waals surface area contributed by atoms with E-state index in [1.165, 1.54) is 10.4 Å². The van der Waals surface area contributed by atoms with Crippen molar-refractivity contribution in [2.75, 3.05) is 36.4 Å². The molecule has 1 aromatic carbocycles. The fourth-order valence-corrected chi connectivity index (χ4v) is 5.40. The van der Waals surface area contributed by atoms with Gasteiger partial charge in [-0.05, 0) is 43.4 Å². The van der Waals surface area contributed by atoms with Gasteiger partial charge in [-0.3, -0.25) is 9.59 Å². The number of benzene rings is 1. The molecule has 1 aromatic heterocycles. The molecule has 1 N–H and O–H groups in total. The van der Waals surface area contributed by atoms with Crippen LogP contribution in [-0.2, 0) is 28.9 Å². The monoisotopic (exact) mass is 426 g/mol. The van der Waals surface area contributed by atoms with E-state index in [-0.39, 0.29) is 17.7 Å². The summed E-state index contributed by atoms with van der Waals surface area (Å²) < 4.78 is 0. The van der Waals surface area contributed by atoms with Crippen molar-refractivity contribution in [3.05, 3.63) is 40.4 Å². The molecule has 2 aromatic rings. The second kappa shape index (κ2) is 9.16. The predicted octanol–water partition coefficient (Wildman–Crippen LogP) is 3.51. The van der Waals surface area contributed by atoms with Crippen molar-refractivity contribution < 1.29 is 9.59 Å². The minimum atomic E-state index is -0.00400. The SMILES string of the molecule is CCC(=O)N1CCN(c2nc3c(s2)C[C@@H](C(=O)Nc2ccc(CC)cc2)CC3)CC1. The van der Waals surface area contributed by atoms with E-state index in [2.05, 4.69) is 29.3 Å². The third kappa shape index (κ3) is 4.51. The number of carbonyl (C=O) groups is 2. The molecular formula is C23H30N4O2S. The molecule has 1 saturated heterocycles. The minimum Gasteiger partial charge on any atom is -0.345 e. The van der Waals surface area contributed by atoms with E-state index in [9.17, 15) is 9.59 Å². The number of hydrogen-bond acceptors (Lipinski definition) is 5. The number of aryl methyl sites for hydroxylation is 2. The molecule has 1 aliphatic heterocycles. The highest BCUT2D eigenvalue weighted by Gasteiger charge is 2.29. The first kappa shape index (κ1) is 20.8. The lowest BCUT2D eigenvalue weighted by molar-refractivity contribution is -0.131. The van der Waals surface area contributed by atoms with Gasteiger partial charge in [-0.2, -0.15) is 0 Å². The second-order valence-electron chi connectivity index (χ2n) is 8.07. The van der Waals surface area contributed by atoms with Gasteiger partial charge in [-0.15, -0.1) is 11.3 Å². The molecule has 0 saturated carbocycles. The zero-order valence-electron chi connectivity index (χ0n) is 17.8. The molecule has 2 amide bonds. The molecule has 1 fully saturated rings. The van der Waals surface area contributed by atoms with Gasteiger partial charge in [0.05, 0.1) is 5.69 Å². The first-order chi connectivity index (χ1) is 14.6. The Morgan fingerprint density at radius 1 is 1.13 bits per heavy atom. The zero-order valence-corrected chi connectivity index (χ0v) is 18.6. The quantitative estimate of drug-likeness (QED) is 0.795. The molecule has 0 unspecified atom stereocenters. The molecule has 7 heteroatoms. The molecule has 0 spiro atoms. The average molecular weight is 427 g/mol. The van der Waals surface area contributed by atoms with Crippen molar-refractivity contribution in [3.63, 3.8) is 0 Å². The van der Waals surface area contributed by atoms with E-state index in [0.717, 1.165) is 68.4 Å². The predicted molar refractivity (Wildman–Crippen MR) is 121 cm³/mol. The summed E-state index contributed by atoms with van der Waals surface area (Å²) in [5.41, 5.74) is 3.29. The third-order valence-electron chi connectivity index (χ3n) is 6.13. The fraction of sp³-hybridized carbons (Fsp3) is 0.522. The van der Waals surface area contributed by atoms with Gasteiger partial charge >= 0.3 is 0 Å². The largest absolute Gasteiger partial charge is 0.345 e. The molecule has 0 radical (unpaired) electrons. The Kier molecular flexibility index (Phi) is 6.37. The lowest BCUT2D eigenvalue weighted by atomic mass is 9.90. The van der Waals surface area contributed by atoms with Gasteiger partial charge in [0.15, 0.2) is 5.13 Å². The van der Waals surface area contributed by atoms with Crippen LogP contribution in [0.3, 0.4) is 0 Å². The molecular weight excluding hydrogens is 396 g/mol. The highest BCUT2D eigenvalue weighted by atomic mass is 32.1. The first-order valence-corrected chi connectivity index (χ1v) is 11.8. The van der Waals surface area contributed by atoms with Crippen LogP contribution < -0.4 is 10.2 Å². The van der Waals surface area contributed by atoms with Crippen molar-refractivity contribution in [3.8, 4) is 0 Å². The van der Waals surface area contributed by atoms with Crippen molar-refractivity contribution in [1.82, 2.24) is 9.88 Å². The fourth-order valence-electron chi connectivity index (χ4n) is 4.16. The maximum Gasteiger partial charge on any atom is 0.227 e. The van der Waals surface area contributed by atoms with Crippen LogP contribution in [0.4, 0.5) is 10.8 Å². The molecule has 0 bridgehead atoms. The van der Waals surface area contributed by atoms with E-state index in [4.69, 9.17) is 4.98 Å². The maximum atomic E-state index is 12.8. The normalized spacial score (nSPS) is 18.8. The van der Waals surface area contributed by atoms with Gasteiger partial charge in [-0.1, -0.05) is 26.0 Å². The molecule has 160 valence electrons. The van der Waals surface area contributed by atoms with Crippen LogP contribution in [0.1, 0.15) is 42.8 Å². The van der Waals surface area contributed by atoms with E-state index in [1.54, 1.807) is 11.3 Å². The Morgan fingerprint density at radius 2 is 1.87 bits per heavy atom. The minimum absolute atomic E-state index is 0.00400. The van der Waals surface area contributed by atoms with E-state index in [1.807, 2.05) is 24.0 Å². The molecule has 30 heavy (non-hydrogen) atoms. The van der Waals surface area contributed by atoms with Crippen LogP contribution in [0.2, 0.25) is 0 Å². The highest BCUT2D eigenvalue weighted by Crippen LogP contribution is 2.35. The van der Waals surface area contributed by atoms with Crippen LogP contribution >= 0.6 is 11.3 Å². The number of anilines is 2. The summed E-state index contributed by atoms with van der Waals surface area (Å²) in [6.45, 7) is 7.22. The van der Waals surface area contributed by atoms with Crippen molar-refractivity contribution in [1.29, 1.82) is 0 Å². The number of hydrogen-bond donors (Lipinski definition) is 1. The molecule has 2 heterocycles. The summed E-state index contributed by atoms with van der Waals surface area (Å²) in [6.07, 6.45) is 4.02. The Labute approximate surface area is 182 Å². The topological polar surface area (TPSA) is 65.5 Å². The Bertz CT molecular complexity index is 900. The number of thiazole rings is 1. The third-order valence-corrected chi connectivity index (χ3v) is 7.31. The van der Waals surface area contributed by atoms with Crippen LogP contribution in [0.5, 0.6) is 0 Å². The van der Waals surface area contributed by atoms with Crippen LogP contribution in [-0.4, -0.2) is 47.9 Å².